The molecule has 5 heteroatoms. The minimum atomic E-state index is -0.731. The van der Waals surface area contributed by atoms with Gasteiger partial charge in [-0.2, -0.15) is 0 Å². The van der Waals surface area contributed by atoms with Crippen LogP contribution in [-0.4, -0.2) is 28.8 Å². The van der Waals surface area contributed by atoms with Crippen molar-refractivity contribution in [1.29, 1.82) is 0 Å². The highest BCUT2D eigenvalue weighted by Gasteiger charge is 2.07. The normalized spacial score (nSPS) is 10.8. The molecule has 0 heterocycles. The molecule has 0 aliphatic carbocycles. The molecule has 0 atom stereocenters. The molecule has 0 amide bonds. The van der Waals surface area contributed by atoms with E-state index in [1.165, 1.54) is 30.4 Å². The lowest BCUT2D eigenvalue weighted by molar-refractivity contribution is -0.138. The molecule has 164 valence electrons. The monoisotopic (exact) mass is 406 g/mol. The molecule has 1 aromatic carbocycles. The molecule has 5 nitrogen and oxygen atoms in total. The van der Waals surface area contributed by atoms with E-state index in [1.807, 2.05) is 6.07 Å². The van der Waals surface area contributed by atoms with Gasteiger partial charge in [0.1, 0.15) is 5.75 Å². The first-order chi connectivity index (χ1) is 14.0. The van der Waals surface area contributed by atoms with Crippen LogP contribution in [-0.2, 0) is 22.4 Å². The summed E-state index contributed by atoms with van der Waals surface area (Å²) in [6.07, 6.45) is 12.3. The zero-order valence-corrected chi connectivity index (χ0v) is 18.0. The van der Waals surface area contributed by atoms with Crippen LogP contribution in [0.4, 0.5) is 0 Å². The van der Waals surface area contributed by atoms with Crippen molar-refractivity contribution in [1.82, 2.24) is 0 Å². The molecule has 0 aliphatic heterocycles. The van der Waals surface area contributed by atoms with Crippen LogP contribution < -0.4 is 4.74 Å². The van der Waals surface area contributed by atoms with Crippen molar-refractivity contribution in [2.75, 3.05) is 6.61 Å². The number of carboxylic acids is 2. The quantitative estimate of drug-likeness (QED) is 0.291. The van der Waals surface area contributed by atoms with Crippen LogP contribution in [0.1, 0.15) is 95.1 Å². The van der Waals surface area contributed by atoms with Crippen molar-refractivity contribution < 1.29 is 24.5 Å². The van der Waals surface area contributed by atoms with E-state index in [4.69, 9.17) is 14.9 Å². The van der Waals surface area contributed by atoms with Gasteiger partial charge in [0.15, 0.2) is 0 Å². The molecule has 29 heavy (non-hydrogen) atoms. The lowest BCUT2D eigenvalue weighted by Gasteiger charge is -2.13. The summed E-state index contributed by atoms with van der Waals surface area (Å²) in [6, 6.07) is 6.33. The number of carboxylic acid groups (broad SMARTS) is 2. The van der Waals surface area contributed by atoms with Crippen LogP contribution in [0, 0.1) is 0 Å². The van der Waals surface area contributed by atoms with Crippen LogP contribution in [0.3, 0.4) is 0 Å². The molecule has 1 rings (SSSR count). The van der Waals surface area contributed by atoms with Crippen LogP contribution in [0.15, 0.2) is 18.2 Å². The minimum absolute atomic E-state index is 0.233. The molecule has 0 radical (unpaired) electrons. The Bertz CT molecular complexity index is 597. The molecule has 0 saturated heterocycles. The van der Waals surface area contributed by atoms with E-state index >= 15 is 0 Å². The van der Waals surface area contributed by atoms with Gasteiger partial charge < -0.3 is 14.9 Å². The summed E-state index contributed by atoms with van der Waals surface area (Å²) < 4.78 is 5.93. The van der Waals surface area contributed by atoms with Gasteiger partial charge in [-0.15, -0.1) is 0 Å². The van der Waals surface area contributed by atoms with Crippen molar-refractivity contribution >= 4 is 11.9 Å². The van der Waals surface area contributed by atoms with Gasteiger partial charge in [0.2, 0.25) is 0 Å². The van der Waals surface area contributed by atoms with E-state index in [1.54, 1.807) is 0 Å². The molecule has 0 spiro atoms. The SMILES string of the molecule is CCCCCCOc1ccc(CCCCCC(=O)O)c(CCCCCC(=O)O)c1. The van der Waals surface area contributed by atoms with Crippen LogP contribution in [0.25, 0.3) is 0 Å². The fraction of sp³-hybridized carbons (Fsp3) is 0.667. The van der Waals surface area contributed by atoms with Crippen molar-refractivity contribution in [3.05, 3.63) is 29.3 Å². The maximum absolute atomic E-state index is 10.7. The average Bonchev–Trinajstić information content (AvgIpc) is 2.68. The van der Waals surface area contributed by atoms with Crippen molar-refractivity contribution in [3.8, 4) is 5.75 Å². The molecule has 0 saturated carbocycles. The number of hydrogen-bond acceptors (Lipinski definition) is 3. The summed E-state index contributed by atoms with van der Waals surface area (Å²) >= 11 is 0. The summed E-state index contributed by atoms with van der Waals surface area (Å²) in [4.78, 5) is 21.3. The van der Waals surface area contributed by atoms with Crippen molar-refractivity contribution in [2.45, 2.75) is 96.8 Å². The first-order valence-corrected chi connectivity index (χ1v) is 11.2. The molecule has 0 fully saturated rings. The Hall–Kier alpha value is -2.04. The van der Waals surface area contributed by atoms with Gasteiger partial charge in [0.25, 0.3) is 0 Å². The van der Waals surface area contributed by atoms with Crippen LogP contribution >= 0.6 is 0 Å². The van der Waals surface area contributed by atoms with Crippen molar-refractivity contribution in [3.63, 3.8) is 0 Å². The number of carbonyl (C=O) groups is 2. The summed E-state index contributed by atoms with van der Waals surface area (Å²) in [7, 11) is 0. The van der Waals surface area contributed by atoms with E-state index in [0.29, 0.717) is 6.42 Å². The Morgan fingerprint density at radius 3 is 1.93 bits per heavy atom. The molecule has 1 aromatic rings. The van der Waals surface area contributed by atoms with Crippen molar-refractivity contribution in [2.24, 2.45) is 0 Å². The third-order valence-electron chi connectivity index (χ3n) is 5.12. The maximum Gasteiger partial charge on any atom is 0.303 e. The lowest BCUT2D eigenvalue weighted by atomic mass is 9.96. The Kier molecular flexibility index (Phi) is 13.6. The third-order valence-corrected chi connectivity index (χ3v) is 5.12. The second-order valence-electron chi connectivity index (χ2n) is 7.75. The first kappa shape index (κ1) is 25.0. The molecular weight excluding hydrogens is 368 g/mol. The fourth-order valence-corrected chi connectivity index (χ4v) is 3.42. The minimum Gasteiger partial charge on any atom is -0.494 e. The molecule has 0 aromatic heterocycles. The highest BCUT2D eigenvalue weighted by Crippen LogP contribution is 2.23. The highest BCUT2D eigenvalue weighted by atomic mass is 16.5. The van der Waals surface area contributed by atoms with Gasteiger partial charge in [-0.25, -0.2) is 0 Å². The number of aliphatic carboxylic acids is 2. The first-order valence-electron chi connectivity index (χ1n) is 11.2. The van der Waals surface area contributed by atoms with Crippen LogP contribution in [0.2, 0.25) is 0 Å². The highest BCUT2D eigenvalue weighted by molar-refractivity contribution is 5.66. The average molecular weight is 407 g/mol. The summed E-state index contributed by atoms with van der Waals surface area (Å²) in [5, 5.41) is 17.5. The zero-order valence-electron chi connectivity index (χ0n) is 18.0. The smallest absolute Gasteiger partial charge is 0.303 e. The van der Waals surface area contributed by atoms with Crippen LogP contribution in [0.5, 0.6) is 5.75 Å². The Morgan fingerprint density at radius 1 is 0.759 bits per heavy atom. The van der Waals surface area contributed by atoms with E-state index in [2.05, 4.69) is 19.1 Å². The van der Waals surface area contributed by atoms with Gasteiger partial charge >= 0.3 is 11.9 Å². The number of hydrogen-bond donors (Lipinski definition) is 2. The molecular formula is C24H38O5. The predicted octanol–water partition coefficient (Wildman–Crippen LogP) is 6.02. The Morgan fingerprint density at radius 2 is 1.34 bits per heavy atom. The molecule has 0 aliphatic rings. The lowest BCUT2D eigenvalue weighted by Crippen LogP contribution is -2.01. The van der Waals surface area contributed by atoms with Gasteiger partial charge in [-0.3, -0.25) is 9.59 Å². The summed E-state index contributed by atoms with van der Waals surface area (Å²) in [5.41, 5.74) is 2.58. The van der Waals surface area contributed by atoms with E-state index in [-0.39, 0.29) is 12.8 Å². The number of ether oxygens (including phenoxy) is 1. The standard InChI is InChI=1S/C24H38O5/c1-2-3-4-11-18-29-22-17-16-20(12-7-5-9-14-23(25)26)21(19-22)13-8-6-10-15-24(27)28/h16-17,19H,2-15,18H2,1H3,(H,25,26)(H,27,28). The fourth-order valence-electron chi connectivity index (χ4n) is 3.42. The summed E-state index contributed by atoms with van der Waals surface area (Å²) in [6.45, 7) is 2.94. The zero-order chi connectivity index (χ0) is 21.3. The number of benzene rings is 1. The number of rotatable bonds is 18. The maximum atomic E-state index is 10.7. The second kappa shape index (κ2) is 15.8. The van der Waals surface area contributed by atoms with E-state index in [0.717, 1.165) is 63.7 Å². The second-order valence-corrected chi connectivity index (χ2v) is 7.75. The molecule has 0 unspecified atom stereocenters. The largest absolute Gasteiger partial charge is 0.494 e. The summed E-state index contributed by atoms with van der Waals surface area (Å²) in [5.74, 6) is -0.547. The number of aryl methyl sites for hydroxylation is 2. The third kappa shape index (κ3) is 12.9. The van der Waals surface area contributed by atoms with E-state index < -0.39 is 11.9 Å². The van der Waals surface area contributed by atoms with Gasteiger partial charge in [0, 0.05) is 12.8 Å². The van der Waals surface area contributed by atoms with E-state index in [9.17, 15) is 9.59 Å². The Labute approximate surface area is 175 Å². The Balaban J connectivity index is 2.55. The molecule has 0 bridgehead atoms. The number of unbranched alkanes of at least 4 members (excludes halogenated alkanes) is 7. The topological polar surface area (TPSA) is 83.8 Å². The molecule has 2 N–H and O–H groups in total. The van der Waals surface area contributed by atoms with Gasteiger partial charge in [0.05, 0.1) is 6.61 Å². The van der Waals surface area contributed by atoms with Gasteiger partial charge in [-0.1, -0.05) is 45.1 Å². The van der Waals surface area contributed by atoms with Gasteiger partial charge in [-0.05, 0) is 68.2 Å². The predicted molar refractivity (Wildman–Crippen MR) is 116 cm³/mol.